The Kier molecular flexibility index (Phi) is 6.59. The van der Waals surface area contributed by atoms with Crippen LogP contribution in [0.1, 0.15) is 65.8 Å². The highest BCUT2D eigenvalue weighted by molar-refractivity contribution is 6.03. The van der Waals surface area contributed by atoms with Crippen molar-refractivity contribution in [2.75, 3.05) is 11.4 Å². The first-order valence-corrected chi connectivity index (χ1v) is 13.7. The predicted octanol–water partition coefficient (Wildman–Crippen LogP) is 6.56. The molecule has 0 N–H and O–H groups in total. The lowest BCUT2D eigenvalue weighted by Gasteiger charge is -2.39. The average Bonchev–Trinajstić information content (AvgIpc) is 3.69. The predicted molar refractivity (Wildman–Crippen MR) is 151 cm³/mol. The largest absolute Gasteiger partial charge is 0.326 e. The van der Waals surface area contributed by atoms with Gasteiger partial charge in [0, 0.05) is 17.8 Å². The lowest BCUT2D eigenvalue weighted by Crippen LogP contribution is -2.47. The lowest BCUT2D eigenvalue weighted by atomic mass is 9.97. The normalized spacial score (nSPS) is 16.0. The third kappa shape index (κ3) is 4.53. The third-order valence-corrected chi connectivity index (χ3v) is 7.68. The van der Waals surface area contributed by atoms with Gasteiger partial charge in [0.2, 0.25) is 5.91 Å². The van der Waals surface area contributed by atoms with Gasteiger partial charge in [-0.2, -0.15) is 0 Å². The highest BCUT2D eigenvalue weighted by atomic mass is 16.2. The van der Waals surface area contributed by atoms with Crippen LogP contribution in [-0.4, -0.2) is 33.9 Å². The summed E-state index contributed by atoms with van der Waals surface area (Å²) < 4.78 is 2.17. The molecule has 4 aromatic rings. The van der Waals surface area contributed by atoms with E-state index in [2.05, 4.69) is 48.0 Å². The van der Waals surface area contributed by atoms with Crippen LogP contribution in [-0.2, 0) is 11.2 Å². The van der Waals surface area contributed by atoms with Gasteiger partial charge in [0.15, 0.2) is 0 Å². The van der Waals surface area contributed by atoms with Gasteiger partial charge in [0.05, 0.1) is 17.1 Å². The summed E-state index contributed by atoms with van der Waals surface area (Å²) in [7, 11) is 0. The van der Waals surface area contributed by atoms with Gasteiger partial charge in [0.1, 0.15) is 12.6 Å². The summed E-state index contributed by atoms with van der Waals surface area (Å²) in [6, 6.07) is 30.1. The van der Waals surface area contributed by atoms with Crippen molar-refractivity contribution < 1.29 is 9.59 Å². The van der Waals surface area contributed by atoms with Gasteiger partial charge in [-0.25, -0.2) is 0 Å². The number of carbonyl (C=O) groups excluding carboxylic acids is 2. The zero-order valence-corrected chi connectivity index (χ0v) is 21.8. The summed E-state index contributed by atoms with van der Waals surface area (Å²) in [6.07, 6.45) is 7.24. The zero-order valence-electron chi connectivity index (χ0n) is 21.8. The maximum atomic E-state index is 14.2. The molecule has 0 unspecified atom stereocenters. The Morgan fingerprint density at radius 2 is 1.55 bits per heavy atom. The van der Waals surface area contributed by atoms with Crippen molar-refractivity contribution in [3.05, 3.63) is 120 Å². The van der Waals surface area contributed by atoms with Crippen LogP contribution in [0.3, 0.4) is 0 Å². The summed E-state index contributed by atoms with van der Waals surface area (Å²) in [5.74, 6) is -0.133. The van der Waals surface area contributed by atoms with Crippen LogP contribution in [0.5, 0.6) is 0 Å². The molecule has 0 saturated heterocycles. The van der Waals surface area contributed by atoms with E-state index in [0.717, 1.165) is 54.7 Å². The van der Waals surface area contributed by atoms with Gasteiger partial charge in [0.25, 0.3) is 5.91 Å². The SMILES string of the molecule is CCCCc1ccc(C(=O)N(CC(=O)N2c3ccccc3-n3cccc3[C@H]2c2ccccc2)C2CC2)cc1. The molecule has 0 radical (unpaired) electrons. The van der Waals surface area contributed by atoms with Crippen LogP contribution in [0.4, 0.5) is 5.69 Å². The van der Waals surface area contributed by atoms with Crippen molar-refractivity contribution in [3.63, 3.8) is 0 Å². The molecule has 5 heteroatoms. The third-order valence-electron chi connectivity index (χ3n) is 7.68. The molecule has 6 rings (SSSR count). The molecule has 0 spiro atoms. The monoisotopic (exact) mass is 503 g/mol. The minimum absolute atomic E-state index is 0.0550. The Morgan fingerprint density at radius 1 is 0.842 bits per heavy atom. The fourth-order valence-corrected chi connectivity index (χ4v) is 5.55. The smallest absolute Gasteiger partial charge is 0.254 e. The second-order valence-electron chi connectivity index (χ2n) is 10.3. The minimum Gasteiger partial charge on any atom is -0.326 e. The number of amides is 2. The van der Waals surface area contributed by atoms with E-state index in [-0.39, 0.29) is 30.4 Å². The first-order chi connectivity index (χ1) is 18.7. The van der Waals surface area contributed by atoms with E-state index in [0.29, 0.717) is 5.56 Å². The highest BCUT2D eigenvalue weighted by Crippen LogP contribution is 2.42. The second-order valence-corrected chi connectivity index (χ2v) is 10.3. The van der Waals surface area contributed by atoms with E-state index in [9.17, 15) is 9.59 Å². The Bertz CT molecular complexity index is 1440. The van der Waals surface area contributed by atoms with E-state index in [4.69, 9.17) is 0 Å². The number of rotatable bonds is 8. The van der Waals surface area contributed by atoms with E-state index in [1.165, 1.54) is 5.56 Å². The Labute approximate surface area is 224 Å². The van der Waals surface area contributed by atoms with E-state index < -0.39 is 0 Å². The fraction of sp³-hybridized carbons (Fsp3) is 0.273. The Balaban J connectivity index is 1.33. The number of hydrogen-bond acceptors (Lipinski definition) is 2. The first kappa shape index (κ1) is 24.2. The molecule has 2 heterocycles. The number of fused-ring (bicyclic) bond motifs is 3. The standard InChI is InChI=1S/C33H33N3O2/c1-2-3-10-24-16-18-26(19-17-24)33(38)35(27-20-21-27)23-31(37)36-29-14-8-7-13-28(29)34-22-9-15-30(34)32(36)25-11-5-4-6-12-25/h4-9,11-19,22,27,32H,2-3,10,20-21,23H2,1H3/t32-/m1/s1. The number of anilines is 1. The van der Waals surface area contributed by atoms with Crippen molar-refractivity contribution in [2.24, 2.45) is 0 Å². The zero-order chi connectivity index (χ0) is 26.1. The van der Waals surface area contributed by atoms with Crippen molar-refractivity contribution in [3.8, 4) is 5.69 Å². The summed E-state index contributed by atoms with van der Waals surface area (Å²) >= 11 is 0. The van der Waals surface area contributed by atoms with Crippen LogP contribution < -0.4 is 4.90 Å². The van der Waals surface area contributed by atoms with E-state index in [1.807, 2.05) is 65.6 Å². The number of carbonyl (C=O) groups is 2. The van der Waals surface area contributed by atoms with Gasteiger partial charge in [-0.3, -0.25) is 14.5 Å². The molecule has 192 valence electrons. The van der Waals surface area contributed by atoms with E-state index >= 15 is 0 Å². The number of para-hydroxylation sites is 2. The second kappa shape index (κ2) is 10.3. The van der Waals surface area contributed by atoms with Gasteiger partial charge < -0.3 is 9.47 Å². The number of aryl methyl sites for hydroxylation is 1. The molecule has 3 aromatic carbocycles. The molecule has 1 fully saturated rings. The van der Waals surface area contributed by atoms with Crippen molar-refractivity contribution in [2.45, 2.75) is 51.1 Å². The van der Waals surface area contributed by atoms with Crippen LogP contribution in [0.15, 0.2) is 97.2 Å². The van der Waals surface area contributed by atoms with Crippen molar-refractivity contribution in [1.82, 2.24) is 9.47 Å². The molecule has 1 saturated carbocycles. The fourth-order valence-electron chi connectivity index (χ4n) is 5.55. The molecule has 2 aliphatic rings. The van der Waals surface area contributed by atoms with Crippen LogP contribution >= 0.6 is 0 Å². The summed E-state index contributed by atoms with van der Waals surface area (Å²) in [5.41, 5.74) is 5.81. The molecular formula is C33H33N3O2. The molecular weight excluding hydrogens is 470 g/mol. The van der Waals surface area contributed by atoms with Gasteiger partial charge >= 0.3 is 0 Å². The summed E-state index contributed by atoms with van der Waals surface area (Å²) in [6.45, 7) is 2.24. The quantitative estimate of drug-likeness (QED) is 0.273. The maximum Gasteiger partial charge on any atom is 0.254 e. The van der Waals surface area contributed by atoms with E-state index in [1.54, 1.807) is 4.90 Å². The number of aromatic nitrogens is 1. The van der Waals surface area contributed by atoms with Gasteiger partial charge in [-0.15, -0.1) is 0 Å². The molecule has 38 heavy (non-hydrogen) atoms. The molecule has 1 aromatic heterocycles. The van der Waals surface area contributed by atoms with Crippen molar-refractivity contribution >= 4 is 17.5 Å². The Hall–Kier alpha value is -4.12. The van der Waals surface area contributed by atoms with Crippen molar-refractivity contribution in [1.29, 1.82) is 0 Å². The van der Waals surface area contributed by atoms with Crippen LogP contribution in [0.25, 0.3) is 5.69 Å². The lowest BCUT2D eigenvalue weighted by molar-refractivity contribution is -0.119. The molecule has 1 atom stereocenters. The molecule has 5 nitrogen and oxygen atoms in total. The number of unbranched alkanes of at least 4 members (excludes halogenated alkanes) is 1. The topological polar surface area (TPSA) is 45.6 Å². The number of hydrogen-bond donors (Lipinski definition) is 0. The van der Waals surface area contributed by atoms with Gasteiger partial charge in [-0.05, 0) is 73.2 Å². The molecule has 1 aliphatic carbocycles. The van der Waals surface area contributed by atoms with Crippen LogP contribution in [0, 0.1) is 0 Å². The Morgan fingerprint density at radius 3 is 2.26 bits per heavy atom. The number of benzene rings is 3. The minimum atomic E-state index is -0.275. The van der Waals surface area contributed by atoms with Gasteiger partial charge in [-0.1, -0.05) is 67.9 Å². The first-order valence-electron chi connectivity index (χ1n) is 13.7. The highest BCUT2D eigenvalue weighted by Gasteiger charge is 2.40. The summed E-state index contributed by atoms with van der Waals surface area (Å²) in [5, 5.41) is 0. The molecule has 1 aliphatic heterocycles. The molecule has 0 bridgehead atoms. The molecule has 2 amide bonds. The summed E-state index contributed by atoms with van der Waals surface area (Å²) in [4.78, 5) is 31.6. The average molecular weight is 504 g/mol. The van der Waals surface area contributed by atoms with Crippen LogP contribution in [0.2, 0.25) is 0 Å². The maximum absolute atomic E-state index is 14.2. The number of nitrogens with zero attached hydrogens (tertiary/aromatic N) is 3.